The SMILES string of the molecule is Cc1c(C(=O)N2CCC3(CC2)CC3C(=O)O)cnn1C(C)(C)C. The monoisotopic (exact) mass is 319 g/mol. The molecule has 1 saturated heterocycles. The lowest BCUT2D eigenvalue weighted by atomic mass is 9.90. The molecule has 6 heteroatoms. The molecule has 1 aromatic heterocycles. The van der Waals surface area contributed by atoms with Crippen molar-refractivity contribution in [2.75, 3.05) is 13.1 Å². The van der Waals surface area contributed by atoms with Crippen molar-refractivity contribution in [1.29, 1.82) is 0 Å². The van der Waals surface area contributed by atoms with Crippen molar-refractivity contribution in [3.8, 4) is 0 Å². The fourth-order valence-electron chi connectivity index (χ4n) is 3.87. The van der Waals surface area contributed by atoms with E-state index >= 15 is 0 Å². The van der Waals surface area contributed by atoms with Crippen molar-refractivity contribution >= 4 is 11.9 Å². The van der Waals surface area contributed by atoms with Gasteiger partial charge in [0.25, 0.3) is 5.91 Å². The number of carboxylic acid groups (broad SMARTS) is 1. The van der Waals surface area contributed by atoms with E-state index in [0.29, 0.717) is 18.7 Å². The van der Waals surface area contributed by atoms with E-state index in [-0.39, 0.29) is 22.8 Å². The summed E-state index contributed by atoms with van der Waals surface area (Å²) in [5, 5.41) is 13.5. The summed E-state index contributed by atoms with van der Waals surface area (Å²) in [6.45, 7) is 9.39. The summed E-state index contributed by atoms with van der Waals surface area (Å²) in [5.74, 6) is -0.877. The lowest BCUT2D eigenvalue weighted by Gasteiger charge is -2.32. The Labute approximate surface area is 136 Å². The van der Waals surface area contributed by atoms with Gasteiger partial charge in [-0.3, -0.25) is 14.3 Å². The van der Waals surface area contributed by atoms with Gasteiger partial charge in [-0.1, -0.05) is 0 Å². The number of likely N-dealkylation sites (tertiary alicyclic amines) is 1. The summed E-state index contributed by atoms with van der Waals surface area (Å²) in [6, 6.07) is 0. The van der Waals surface area contributed by atoms with Crippen molar-refractivity contribution in [2.24, 2.45) is 11.3 Å². The number of piperidine rings is 1. The molecular weight excluding hydrogens is 294 g/mol. The van der Waals surface area contributed by atoms with E-state index in [1.54, 1.807) is 6.20 Å². The molecule has 1 aliphatic carbocycles. The quantitative estimate of drug-likeness (QED) is 0.907. The van der Waals surface area contributed by atoms with Gasteiger partial charge in [-0.2, -0.15) is 5.10 Å². The summed E-state index contributed by atoms with van der Waals surface area (Å²) in [5.41, 5.74) is 1.34. The van der Waals surface area contributed by atoms with Crippen LogP contribution < -0.4 is 0 Å². The molecule has 0 aromatic carbocycles. The molecule has 23 heavy (non-hydrogen) atoms. The number of amides is 1. The highest BCUT2D eigenvalue weighted by atomic mass is 16.4. The van der Waals surface area contributed by atoms with Gasteiger partial charge in [0.1, 0.15) is 0 Å². The minimum absolute atomic E-state index is 0.0142. The van der Waals surface area contributed by atoms with Crippen molar-refractivity contribution in [3.63, 3.8) is 0 Å². The number of rotatable bonds is 2. The van der Waals surface area contributed by atoms with E-state index in [4.69, 9.17) is 5.11 Å². The van der Waals surface area contributed by atoms with E-state index in [2.05, 4.69) is 25.9 Å². The highest BCUT2D eigenvalue weighted by Crippen LogP contribution is 2.59. The predicted octanol–water partition coefficient (Wildman–Crippen LogP) is 2.27. The van der Waals surface area contributed by atoms with Gasteiger partial charge in [0.15, 0.2) is 0 Å². The molecule has 0 radical (unpaired) electrons. The van der Waals surface area contributed by atoms with E-state index in [1.165, 1.54) is 0 Å². The summed E-state index contributed by atoms with van der Waals surface area (Å²) in [7, 11) is 0. The van der Waals surface area contributed by atoms with Gasteiger partial charge in [0, 0.05) is 18.8 Å². The maximum Gasteiger partial charge on any atom is 0.307 e. The average molecular weight is 319 g/mol. The number of carboxylic acids is 1. The van der Waals surface area contributed by atoms with Gasteiger partial charge >= 0.3 is 5.97 Å². The Morgan fingerprint density at radius 1 is 1.30 bits per heavy atom. The van der Waals surface area contributed by atoms with E-state index in [9.17, 15) is 9.59 Å². The second-order valence-corrected chi connectivity index (χ2v) is 7.98. The molecule has 1 atom stereocenters. The molecule has 3 rings (SSSR count). The maximum absolute atomic E-state index is 12.8. The van der Waals surface area contributed by atoms with Crippen molar-refractivity contribution < 1.29 is 14.7 Å². The van der Waals surface area contributed by atoms with Crippen LogP contribution in [0.25, 0.3) is 0 Å². The third kappa shape index (κ3) is 2.64. The Kier molecular flexibility index (Phi) is 3.54. The van der Waals surface area contributed by atoms with Crippen LogP contribution in [0.5, 0.6) is 0 Å². The molecule has 1 saturated carbocycles. The highest BCUT2D eigenvalue weighted by molar-refractivity contribution is 5.95. The molecule has 1 unspecified atom stereocenters. The zero-order chi connectivity index (χ0) is 17.0. The average Bonchev–Trinajstić information content (AvgIpc) is 3.01. The fourth-order valence-corrected chi connectivity index (χ4v) is 3.87. The van der Waals surface area contributed by atoms with Crippen LogP contribution in [0.15, 0.2) is 6.20 Å². The maximum atomic E-state index is 12.8. The van der Waals surface area contributed by atoms with Crippen LogP contribution in [0, 0.1) is 18.3 Å². The van der Waals surface area contributed by atoms with Crippen molar-refractivity contribution in [3.05, 3.63) is 17.5 Å². The predicted molar refractivity (Wildman–Crippen MR) is 85.3 cm³/mol. The number of carbonyl (C=O) groups excluding carboxylic acids is 1. The fraction of sp³-hybridized carbons (Fsp3) is 0.706. The Morgan fingerprint density at radius 2 is 1.91 bits per heavy atom. The second-order valence-electron chi connectivity index (χ2n) is 7.98. The smallest absolute Gasteiger partial charge is 0.307 e. The van der Waals surface area contributed by atoms with Gasteiger partial charge in [-0.25, -0.2) is 0 Å². The molecule has 2 heterocycles. The topological polar surface area (TPSA) is 75.4 Å². The van der Waals surface area contributed by atoms with Crippen LogP contribution in [-0.2, 0) is 10.3 Å². The van der Waals surface area contributed by atoms with E-state index < -0.39 is 5.97 Å². The van der Waals surface area contributed by atoms with Crippen LogP contribution in [0.1, 0.15) is 56.1 Å². The first-order chi connectivity index (χ1) is 10.7. The Morgan fingerprint density at radius 3 is 2.35 bits per heavy atom. The first kappa shape index (κ1) is 16.0. The van der Waals surface area contributed by atoms with Gasteiger partial charge in [-0.15, -0.1) is 0 Å². The third-order valence-corrected chi connectivity index (χ3v) is 5.41. The van der Waals surface area contributed by atoms with Crippen LogP contribution in [0.4, 0.5) is 0 Å². The van der Waals surface area contributed by atoms with Gasteiger partial charge in [0.2, 0.25) is 0 Å². The number of hydrogen-bond acceptors (Lipinski definition) is 3. The molecule has 1 aliphatic heterocycles. The van der Waals surface area contributed by atoms with Crippen molar-refractivity contribution in [2.45, 2.75) is 52.5 Å². The zero-order valence-corrected chi connectivity index (χ0v) is 14.3. The Balaban J connectivity index is 1.69. The molecule has 1 N–H and O–H groups in total. The third-order valence-electron chi connectivity index (χ3n) is 5.41. The lowest BCUT2D eigenvalue weighted by molar-refractivity contribution is -0.139. The standard InChI is InChI=1S/C17H25N3O3/c1-11-12(10-18-20(11)16(2,3)4)14(21)19-7-5-17(6-8-19)9-13(17)15(22)23/h10,13H,5-9H2,1-4H3,(H,22,23). The highest BCUT2D eigenvalue weighted by Gasteiger charge is 2.59. The molecule has 1 aromatic rings. The first-order valence-corrected chi connectivity index (χ1v) is 8.23. The second kappa shape index (κ2) is 5.08. The molecular formula is C17H25N3O3. The summed E-state index contributed by atoms with van der Waals surface area (Å²) >= 11 is 0. The summed E-state index contributed by atoms with van der Waals surface area (Å²) in [4.78, 5) is 25.7. The van der Waals surface area contributed by atoms with Crippen LogP contribution >= 0.6 is 0 Å². The number of nitrogens with zero attached hydrogens (tertiary/aromatic N) is 3. The summed E-state index contributed by atoms with van der Waals surface area (Å²) in [6.07, 6.45) is 4.01. The molecule has 6 nitrogen and oxygen atoms in total. The minimum atomic E-state index is -0.688. The lowest BCUT2D eigenvalue weighted by Crippen LogP contribution is -2.40. The number of carbonyl (C=O) groups is 2. The van der Waals surface area contributed by atoms with Gasteiger partial charge in [-0.05, 0) is 52.4 Å². The summed E-state index contributed by atoms with van der Waals surface area (Å²) < 4.78 is 1.88. The van der Waals surface area contributed by atoms with Crippen LogP contribution in [0.3, 0.4) is 0 Å². The molecule has 126 valence electrons. The molecule has 1 spiro atoms. The molecule has 1 amide bonds. The molecule has 0 bridgehead atoms. The zero-order valence-electron chi connectivity index (χ0n) is 14.3. The number of hydrogen-bond donors (Lipinski definition) is 1. The minimum Gasteiger partial charge on any atom is -0.481 e. The van der Waals surface area contributed by atoms with Crippen LogP contribution in [0.2, 0.25) is 0 Å². The molecule has 2 aliphatic rings. The van der Waals surface area contributed by atoms with Crippen LogP contribution in [-0.4, -0.2) is 44.8 Å². The van der Waals surface area contributed by atoms with Crippen molar-refractivity contribution in [1.82, 2.24) is 14.7 Å². The van der Waals surface area contributed by atoms with Gasteiger partial charge < -0.3 is 10.0 Å². The Bertz CT molecular complexity index is 649. The van der Waals surface area contributed by atoms with E-state index in [1.807, 2.05) is 16.5 Å². The first-order valence-electron chi connectivity index (χ1n) is 8.23. The number of aliphatic carboxylic acids is 1. The Hall–Kier alpha value is -1.85. The normalized spacial score (nSPS) is 23.1. The van der Waals surface area contributed by atoms with E-state index in [0.717, 1.165) is 25.0 Å². The number of aromatic nitrogens is 2. The largest absolute Gasteiger partial charge is 0.481 e. The molecule has 2 fully saturated rings. The van der Waals surface area contributed by atoms with Gasteiger partial charge in [0.05, 0.1) is 23.2 Å².